The summed E-state index contributed by atoms with van der Waals surface area (Å²) in [7, 11) is 0. The summed E-state index contributed by atoms with van der Waals surface area (Å²) in [5.74, 6) is -1.21. The van der Waals surface area contributed by atoms with Crippen molar-refractivity contribution >= 4 is 23.4 Å². The van der Waals surface area contributed by atoms with Gasteiger partial charge in [-0.2, -0.15) is 4.98 Å². The molecule has 2 bridgehead atoms. The summed E-state index contributed by atoms with van der Waals surface area (Å²) < 4.78 is 48.1. The van der Waals surface area contributed by atoms with E-state index in [9.17, 15) is 13.2 Å². The van der Waals surface area contributed by atoms with Crippen molar-refractivity contribution in [2.45, 2.75) is 51.1 Å². The van der Waals surface area contributed by atoms with Gasteiger partial charge in [0.15, 0.2) is 0 Å². The maximum atomic E-state index is 13.9. The van der Waals surface area contributed by atoms with Gasteiger partial charge in [0.25, 0.3) is 0 Å². The first-order chi connectivity index (χ1) is 17.7. The molecule has 3 atom stereocenters. The molecule has 3 heterocycles. The van der Waals surface area contributed by atoms with Crippen LogP contribution in [0.25, 0.3) is 0 Å². The quantitative estimate of drug-likeness (QED) is 0.439. The SMILES string of the molecule is Cc1cc(N2C[C@H]3CC[C@@H](C2)[C@@H]3Nc2nc(Oc3cc(F)cc(Cl)c3)n(CC3CC(F)(F)C3)n2)ncn1. The van der Waals surface area contributed by atoms with Gasteiger partial charge < -0.3 is 15.0 Å². The number of benzene rings is 1. The maximum absolute atomic E-state index is 13.9. The van der Waals surface area contributed by atoms with Crippen LogP contribution in [0.2, 0.25) is 5.02 Å². The zero-order chi connectivity index (χ0) is 25.7. The number of nitrogens with one attached hydrogen (secondary N) is 1. The lowest BCUT2D eigenvalue weighted by Gasteiger charge is -2.38. The third-order valence-electron chi connectivity index (χ3n) is 7.53. The van der Waals surface area contributed by atoms with Gasteiger partial charge in [-0.3, -0.25) is 0 Å². The Kier molecular flexibility index (Phi) is 6.13. The summed E-state index contributed by atoms with van der Waals surface area (Å²) in [6.45, 7) is 3.90. The van der Waals surface area contributed by atoms with Crippen LogP contribution in [0.15, 0.2) is 30.6 Å². The molecule has 2 saturated carbocycles. The van der Waals surface area contributed by atoms with Crippen molar-refractivity contribution in [2.24, 2.45) is 17.8 Å². The minimum atomic E-state index is -2.64. The Morgan fingerprint density at radius 2 is 1.86 bits per heavy atom. The van der Waals surface area contributed by atoms with Crippen LogP contribution in [0.1, 0.15) is 31.4 Å². The molecule has 8 nitrogen and oxygen atoms in total. The van der Waals surface area contributed by atoms with Crippen LogP contribution in [0.3, 0.4) is 0 Å². The summed E-state index contributed by atoms with van der Waals surface area (Å²) in [5, 5.41) is 8.24. The summed E-state index contributed by atoms with van der Waals surface area (Å²) in [6.07, 6.45) is 3.34. The summed E-state index contributed by atoms with van der Waals surface area (Å²) in [4.78, 5) is 15.5. The first-order valence-corrected chi connectivity index (χ1v) is 12.9. The third kappa shape index (κ3) is 5.18. The zero-order valence-electron chi connectivity index (χ0n) is 20.2. The van der Waals surface area contributed by atoms with Gasteiger partial charge in [0, 0.05) is 61.4 Å². The molecule has 1 aliphatic heterocycles. The molecule has 3 aromatic rings. The Hall–Kier alpha value is -3.08. The van der Waals surface area contributed by atoms with Gasteiger partial charge in [0.05, 0.1) is 0 Å². The van der Waals surface area contributed by atoms with Crippen molar-refractivity contribution in [1.29, 1.82) is 0 Å². The van der Waals surface area contributed by atoms with Gasteiger partial charge in [-0.25, -0.2) is 27.8 Å². The van der Waals surface area contributed by atoms with Crippen molar-refractivity contribution in [2.75, 3.05) is 23.3 Å². The van der Waals surface area contributed by atoms with E-state index in [-0.39, 0.29) is 48.1 Å². The van der Waals surface area contributed by atoms with Crippen molar-refractivity contribution in [1.82, 2.24) is 24.7 Å². The highest BCUT2D eigenvalue weighted by Crippen LogP contribution is 2.44. The average Bonchev–Trinajstić information content (AvgIpc) is 3.26. The van der Waals surface area contributed by atoms with Crippen LogP contribution in [0.5, 0.6) is 11.8 Å². The van der Waals surface area contributed by atoms with E-state index < -0.39 is 11.7 Å². The van der Waals surface area contributed by atoms with Gasteiger partial charge >= 0.3 is 6.01 Å². The number of halogens is 4. The monoisotopic (exact) mass is 533 g/mol. The van der Waals surface area contributed by atoms with Crippen molar-refractivity contribution in [3.63, 3.8) is 0 Å². The molecule has 2 aliphatic carbocycles. The molecular formula is C25H27ClF3N7O. The fraction of sp³-hybridized carbons (Fsp3) is 0.520. The Morgan fingerprint density at radius 1 is 1.11 bits per heavy atom. The molecule has 0 radical (unpaired) electrons. The minimum absolute atomic E-state index is 0.112. The number of nitrogens with zero attached hydrogens (tertiary/aromatic N) is 6. The third-order valence-corrected chi connectivity index (χ3v) is 7.75. The fourth-order valence-electron chi connectivity index (χ4n) is 5.84. The predicted molar refractivity (Wildman–Crippen MR) is 132 cm³/mol. The largest absolute Gasteiger partial charge is 0.424 e. The number of fused-ring (bicyclic) bond motifs is 2. The second-order valence-electron chi connectivity index (χ2n) is 10.4. The highest BCUT2D eigenvalue weighted by Gasteiger charge is 2.46. The van der Waals surface area contributed by atoms with Gasteiger partial charge in [0.2, 0.25) is 11.9 Å². The molecule has 0 spiro atoms. The van der Waals surface area contributed by atoms with Gasteiger partial charge in [-0.15, -0.1) is 5.10 Å². The number of anilines is 2. The number of alkyl halides is 2. The Balaban J connectivity index is 1.20. The minimum Gasteiger partial charge on any atom is -0.424 e. The first-order valence-electron chi connectivity index (χ1n) is 12.5. The van der Waals surface area contributed by atoms with Crippen LogP contribution in [-0.4, -0.2) is 49.8 Å². The highest BCUT2D eigenvalue weighted by molar-refractivity contribution is 6.30. The smallest absolute Gasteiger partial charge is 0.322 e. The molecule has 37 heavy (non-hydrogen) atoms. The highest BCUT2D eigenvalue weighted by atomic mass is 35.5. The van der Waals surface area contributed by atoms with Crippen molar-refractivity contribution in [3.05, 3.63) is 47.1 Å². The predicted octanol–water partition coefficient (Wildman–Crippen LogP) is 5.33. The molecule has 12 heteroatoms. The summed E-state index contributed by atoms with van der Waals surface area (Å²) >= 11 is 5.97. The van der Waals surface area contributed by atoms with E-state index in [0.717, 1.165) is 37.4 Å². The van der Waals surface area contributed by atoms with E-state index in [2.05, 4.69) is 30.3 Å². The lowest BCUT2D eigenvalue weighted by atomic mass is 9.81. The molecule has 1 N–H and O–H groups in total. The van der Waals surface area contributed by atoms with E-state index in [4.69, 9.17) is 16.3 Å². The second kappa shape index (κ2) is 9.34. The van der Waals surface area contributed by atoms with Crippen LogP contribution >= 0.6 is 11.6 Å². The molecule has 1 aromatic carbocycles. The molecule has 3 aliphatic rings. The number of aryl methyl sites for hydroxylation is 1. The first kappa shape index (κ1) is 24.3. The zero-order valence-corrected chi connectivity index (χ0v) is 21.0. The summed E-state index contributed by atoms with van der Waals surface area (Å²) in [6, 6.07) is 6.12. The van der Waals surface area contributed by atoms with Crippen LogP contribution < -0.4 is 15.0 Å². The second-order valence-corrected chi connectivity index (χ2v) is 10.9. The van der Waals surface area contributed by atoms with Crippen molar-refractivity contribution < 1.29 is 17.9 Å². The van der Waals surface area contributed by atoms with E-state index >= 15 is 0 Å². The standard InChI is InChI=1S/C25H27ClF3N7O/c1-14-4-21(31-13-30-14)35-11-16-2-3-17(12-35)22(16)32-23-33-24(37-20-6-18(26)5-19(27)7-20)36(34-23)10-15-8-25(28,29)9-15/h4-7,13,15-17,22H,2-3,8-12H2,1H3,(H,32,34)/t16-,17+,22-. The Morgan fingerprint density at radius 3 is 2.54 bits per heavy atom. The fourth-order valence-corrected chi connectivity index (χ4v) is 6.05. The number of hydrogen-bond acceptors (Lipinski definition) is 7. The molecule has 3 fully saturated rings. The Labute approximate surface area is 217 Å². The molecular weight excluding hydrogens is 507 g/mol. The number of piperidine rings is 1. The number of hydrogen-bond donors (Lipinski definition) is 1. The van der Waals surface area contributed by atoms with Crippen LogP contribution in [0, 0.1) is 30.5 Å². The molecule has 2 aromatic heterocycles. The van der Waals surface area contributed by atoms with E-state index in [1.54, 1.807) is 6.33 Å². The van der Waals surface area contributed by atoms with Crippen molar-refractivity contribution in [3.8, 4) is 11.8 Å². The molecule has 6 rings (SSSR count). The topological polar surface area (TPSA) is 81.0 Å². The van der Waals surface area contributed by atoms with Crippen LogP contribution in [0.4, 0.5) is 24.9 Å². The van der Waals surface area contributed by atoms with E-state index in [1.807, 2.05) is 13.0 Å². The average molecular weight is 534 g/mol. The van der Waals surface area contributed by atoms with Gasteiger partial charge in [-0.05, 0) is 49.7 Å². The Bertz CT molecular complexity index is 1260. The van der Waals surface area contributed by atoms with E-state index in [1.165, 1.54) is 22.9 Å². The molecule has 0 amide bonds. The lowest BCUT2D eigenvalue weighted by Crippen LogP contribution is -2.48. The number of ether oxygens (including phenoxy) is 1. The lowest BCUT2D eigenvalue weighted by molar-refractivity contribution is -0.115. The molecule has 196 valence electrons. The molecule has 0 unspecified atom stereocenters. The summed E-state index contributed by atoms with van der Waals surface area (Å²) in [5.41, 5.74) is 0.934. The molecule has 1 saturated heterocycles. The normalized spacial score (nSPS) is 24.7. The number of aromatic nitrogens is 5. The van der Waals surface area contributed by atoms with Gasteiger partial charge in [-0.1, -0.05) is 11.6 Å². The van der Waals surface area contributed by atoms with Crippen LogP contribution in [-0.2, 0) is 6.54 Å². The van der Waals surface area contributed by atoms with Gasteiger partial charge in [0.1, 0.15) is 23.7 Å². The maximum Gasteiger partial charge on any atom is 0.322 e. The van der Waals surface area contributed by atoms with E-state index in [0.29, 0.717) is 17.8 Å². The number of rotatable bonds is 7.